The van der Waals surface area contributed by atoms with Crippen LogP contribution in [-0.4, -0.2) is 34.3 Å². The van der Waals surface area contributed by atoms with Crippen LogP contribution in [-0.2, 0) is 11.0 Å². The Hall–Kier alpha value is -3.06. The zero-order valence-electron chi connectivity index (χ0n) is 15.6. The molecule has 0 atom stereocenters. The van der Waals surface area contributed by atoms with E-state index in [9.17, 15) is 18.0 Å². The minimum atomic E-state index is -4.53. The molecule has 0 saturated heterocycles. The number of para-hydroxylation sites is 1. The molecule has 0 N–H and O–H groups in total. The lowest BCUT2D eigenvalue weighted by atomic mass is 10.1. The number of benzene rings is 1. The highest BCUT2D eigenvalue weighted by Crippen LogP contribution is 2.33. The van der Waals surface area contributed by atoms with E-state index in [0.717, 1.165) is 17.6 Å². The number of aromatic nitrogens is 2. The maximum Gasteiger partial charge on any atom is 0.417 e. The van der Waals surface area contributed by atoms with Gasteiger partial charge in [-0.3, -0.25) is 9.36 Å². The zero-order valence-corrected chi connectivity index (χ0v) is 16.4. The molecule has 0 spiro atoms. The number of fused-ring (bicyclic) bond motifs is 1. The fourth-order valence-corrected chi connectivity index (χ4v) is 2.98. The SMILES string of the molecule is CN(C)/C=C/C(=O)/C=C/c1cn(-c2ncc(C(F)(F)F)cc2Cl)c2ccccc12. The van der Waals surface area contributed by atoms with Crippen LogP contribution in [0.25, 0.3) is 22.8 Å². The summed E-state index contributed by atoms with van der Waals surface area (Å²) in [6.45, 7) is 0. The number of pyridine rings is 1. The molecule has 2 heterocycles. The van der Waals surface area contributed by atoms with Gasteiger partial charge in [-0.05, 0) is 24.3 Å². The third-order valence-corrected chi connectivity index (χ3v) is 4.36. The molecule has 0 fully saturated rings. The molecular weight excluding hydrogens is 403 g/mol. The minimum Gasteiger partial charge on any atom is -0.383 e. The molecule has 3 aromatic rings. The van der Waals surface area contributed by atoms with E-state index in [4.69, 9.17) is 11.6 Å². The topological polar surface area (TPSA) is 38.1 Å². The third kappa shape index (κ3) is 4.68. The number of carbonyl (C=O) groups excluding carboxylic acids is 1. The Labute approximate surface area is 170 Å². The van der Waals surface area contributed by atoms with Crippen molar-refractivity contribution in [3.05, 3.63) is 77.2 Å². The summed E-state index contributed by atoms with van der Waals surface area (Å²) in [6, 6.07) is 8.14. The van der Waals surface area contributed by atoms with Gasteiger partial charge in [0.05, 0.1) is 16.1 Å². The summed E-state index contributed by atoms with van der Waals surface area (Å²) in [5.41, 5.74) is 0.503. The van der Waals surface area contributed by atoms with Crippen molar-refractivity contribution in [3.63, 3.8) is 0 Å². The van der Waals surface area contributed by atoms with E-state index in [1.165, 1.54) is 12.2 Å². The van der Waals surface area contributed by atoms with Gasteiger partial charge >= 0.3 is 6.18 Å². The summed E-state index contributed by atoms with van der Waals surface area (Å²) < 4.78 is 40.3. The molecule has 0 aliphatic rings. The van der Waals surface area contributed by atoms with E-state index >= 15 is 0 Å². The zero-order chi connectivity index (χ0) is 21.2. The Kier molecular flexibility index (Phi) is 5.79. The Morgan fingerprint density at radius 2 is 1.93 bits per heavy atom. The molecule has 3 rings (SSSR count). The number of alkyl halides is 3. The molecule has 0 radical (unpaired) electrons. The van der Waals surface area contributed by atoms with E-state index in [-0.39, 0.29) is 16.6 Å². The predicted octanol–water partition coefficient (Wildman–Crippen LogP) is 5.36. The molecule has 0 aliphatic carbocycles. The molecule has 8 heteroatoms. The number of allylic oxidation sites excluding steroid dienone is 2. The molecular formula is C21H17ClF3N3O. The van der Waals surface area contributed by atoms with Crippen molar-refractivity contribution in [3.8, 4) is 5.82 Å². The van der Waals surface area contributed by atoms with Gasteiger partial charge in [0.25, 0.3) is 0 Å². The third-order valence-electron chi connectivity index (χ3n) is 4.08. The fraction of sp³-hybridized carbons (Fsp3) is 0.143. The second kappa shape index (κ2) is 8.13. The van der Waals surface area contributed by atoms with Crippen LogP contribution in [0.4, 0.5) is 13.2 Å². The van der Waals surface area contributed by atoms with Gasteiger partial charge in [-0.1, -0.05) is 29.8 Å². The first-order valence-corrected chi connectivity index (χ1v) is 8.94. The molecule has 0 saturated carbocycles. The van der Waals surface area contributed by atoms with E-state index in [1.807, 2.05) is 26.2 Å². The van der Waals surface area contributed by atoms with Crippen LogP contribution in [0.3, 0.4) is 0 Å². The average molecular weight is 420 g/mol. The highest BCUT2D eigenvalue weighted by atomic mass is 35.5. The first-order chi connectivity index (χ1) is 13.7. The van der Waals surface area contributed by atoms with Crippen molar-refractivity contribution in [2.75, 3.05) is 14.1 Å². The van der Waals surface area contributed by atoms with E-state index < -0.39 is 11.7 Å². The molecule has 150 valence electrons. The minimum absolute atomic E-state index is 0.124. The van der Waals surface area contributed by atoms with Crippen LogP contribution in [0.1, 0.15) is 11.1 Å². The molecule has 0 amide bonds. The fourth-order valence-electron chi connectivity index (χ4n) is 2.73. The highest BCUT2D eigenvalue weighted by Gasteiger charge is 2.31. The largest absolute Gasteiger partial charge is 0.417 e. The van der Waals surface area contributed by atoms with Gasteiger partial charge in [-0.15, -0.1) is 0 Å². The van der Waals surface area contributed by atoms with Gasteiger partial charge < -0.3 is 4.90 Å². The molecule has 0 bridgehead atoms. The summed E-state index contributed by atoms with van der Waals surface area (Å²) in [6.07, 6.45) is 4.06. The number of hydrogen-bond donors (Lipinski definition) is 0. The Bertz CT molecular complexity index is 1110. The maximum atomic E-state index is 12.9. The van der Waals surface area contributed by atoms with Gasteiger partial charge in [-0.25, -0.2) is 4.98 Å². The van der Waals surface area contributed by atoms with E-state index in [1.54, 1.807) is 40.1 Å². The van der Waals surface area contributed by atoms with E-state index in [2.05, 4.69) is 4.98 Å². The predicted molar refractivity (Wildman–Crippen MR) is 108 cm³/mol. The van der Waals surface area contributed by atoms with Crippen molar-refractivity contribution < 1.29 is 18.0 Å². The van der Waals surface area contributed by atoms with Crippen molar-refractivity contribution in [1.82, 2.24) is 14.5 Å². The van der Waals surface area contributed by atoms with Crippen molar-refractivity contribution in [1.29, 1.82) is 0 Å². The summed E-state index contributed by atoms with van der Waals surface area (Å²) >= 11 is 6.11. The second-order valence-electron chi connectivity index (χ2n) is 6.51. The lowest BCUT2D eigenvalue weighted by molar-refractivity contribution is -0.137. The Morgan fingerprint density at radius 1 is 1.21 bits per heavy atom. The monoisotopic (exact) mass is 419 g/mol. The number of ketones is 1. The standard InChI is InChI=1S/C21H17ClF3N3O/c1-27(2)10-9-16(29)8-7-14-13-28(19-6-4-3-5-17(14)19)20-18(22)11-15(12-26-20)21(23,24)25/h3-13H,1-2H3/b8-7+,10-9+. The van der Waals surface area contributed by atoms with Crippen molar-refractivity contribution >= 4 is 34.4 Å². The molecule has 0 unspecified atom stereocenters. The lowest BCUT2D eigenvalue weighted by Gasteiger charge is -2.10. The van der Waals surface area contributed by atoms with Gasteiger partial charge in [0, 0.05) is 49.7 Å². The highest BCUT2D eigenvalue weighted by molar-refractivity contribution is 6.32. The Balaban J connectivity index is 2.04. The van der Waals surface area contributed by atoms with Crippen LogP contribution in [0.5, 0.6) is 0 Å². The first kappa shape index (κ1) is 20.7. The number of carbonyl (C=O) groups is 1. The second-order valence-corrected chi connectivity index (χ2v) is 6.92. The number of rotatable bonds is 5. The van der Waals surface area contributed by atoms with Crippen LogP contribution < -0.4 is 0 Å². The molecule has 0 aliphatic heterocycles. The summed E-state index contributed by atoms with van der Waals surface area (Å²) in [4.78, 5) is 17.6. The van der Waals surface area contributed by atoms with Gasteiger partial charge in [0.15, 0.2) is 11.6 Å². The molecule has 1 aromatic carbocycles. The van der Waals surface area contributed by atoms with Crippen LogP contribution in [0.2, 0.25) is 5.02 Å². The van der Waals surface area contributed by atoms with Gasteiger partial charge in [0.1, 0.15) is 0 Å². The quantitative estimate of drug-likeness (QED) is 0.523. The number of halogens is 4. The van der Waals surface area contributed by atoms with Crippen LogP contribution >= 0.6 is 11.6 Å². The summed E-state index contributed by atoms with van der Waals surface area (Å²) in [7, 11) is 3.61. The van der Waals surface area contributed by atoms with Crippen molar-refractivity contribution in [2.24, 2.45) is 0 Å². The average Bonchev–Trinajstić information content (AvgIpc) is 3.02. The van der Waals surface area contributed by atoms with Crippen molar-refractivity contribution in [2.45, 2.75) is 6.18 Å². The molecule has 4 nitrogen and oxygen atoms in total. The van der Waals surface area contributed by atoms with Crippen LogP contribution in [0, 0.1) is 0 Å². The maximum absolute atomic E-state index is 12.9. The Morgan fingerprint density at radius 3 is 2.59 bits per heavy atom. The van der Waals surface area contributed by atoms with Gasteiger partial charge in [-0.2, -0.15) is 13.2 Å². The smallest absolute Gasteiger partial charge is 0.383 e. The lowest BCUT2D eigenvalue weighted by Crippen LogP contribution is -2.07. The molecule has 29 heavy (non-hydrogen) atoms. The number of hydrogen-bond acceptors (Lipinski definition) is 3. The molecule has 2 aromatic heterocycles. The summed E-state index contributed by atoms with van der Waals surface area (Å²) in [5.74, 6) is -0.0180. The van der Waals surface area contributed by atoms with E-state index in [0.29, 0.717) is 11.1 Å². The normalized spacial score (nSPS) is 12.3. The summed E-state index contributed by atoms with van der Waals surface area (Å²) in [5, 5.41) is 0.687. The van der Waals surface area contributed by atoms with Crippen LogP contribution in [0.15, 0.2) is 61.1 Å². The number of nitrogens with zero attached hydrogens (tertiary/aromatic N) is 3. The van der Waals surface area contributed by atoms with Gasteiger partial charge in [0.2, 0.25) is 0 Å². The first-order valence-electron chi connectivity index (χ1n) is 8.56.